The van der Waals surface area contributed by atoms with Gasteiger partial charge in [-0.15, -0.1) is 12.4 Å². The van der Waals surface area contributed by atoms with Crippen LogP contribution in [0.4, 0.5) is 0 Å². The molecule has 3 atom stereocenters. The van der Waals surface area contributed by atoms with E-state index >= 15 is 0 Å². The molecule has 2 aliphatic rings. The number of aromatic nitrogens is 1. The Labute approximate surface area is 137 Å². The molecule has 1 aliphatic heterocycles. The number of halogens is 1. The molecule has 0 bridgehead atoms. The number of carbonyl (C=O) groups is 2. The molecule has 1 aliphatic carbocycles. The second kappa shape index (κ2) is 6.05. The Morgan fingerprint density at radius 2 is 1.91 bits per heavy atom. The lowest BCUT2D eigenvalue weighted by atomic mass is 9.98. The molecule has 0 aromatic carbocycles. The van der Waals surface area contributed by atoms with E-state index in [1.54, 1.807) is 0 Å². The van der Waals surface area contributed by atoms with Gasteiger partial charge in [0.05, 0.1) is 0 Å². The zero-order valence-corrected chi connectivity index (χ0v) is 14.1. The number of nitrogens with two attached hydrogens (primary N) is 1. The highest BCUT2D eigenvalue weighted by Gasteiger charge is 2.43. The molecule has 3 unspecified atom stereocenters. The summed E-state index contributed by atoms with van der Waals surface area (Å²) in [6, 6.07) is 0.229. The van der Waals surface area contributed by atoms with E-state index in [0.29, 0.717) is 23.1 Å². The summed E-state index contributed by atoms with van der Waals surface area (Å²) in [6.07, 6.45) is 2.20. The number of likely N-dealkylation sites (tertiary alicyclic amines) is 1. The van der Waals surface area contributed by atoms with Crippen LogP contribution >= 0.6 is 12.4 Å². The minimum atomic E-state index is 0. The van der Waals surface area contributed by atoms with Crippen LogP contribution in [0, 0.1) is 25.7 Å². The number of ketones is 1. The fourth-order valence-electron chi connectivity index (χ4n) is 4.12. The molecule has 2 fully saturated rings. The van der Waals surface area contributed by atoms with Crippen LogP contribution in [0.1, 0.15) is 51.9 Å². The molecule has 1 aromatic heterocycles. The zero-order valence-electron chi connectivity index (χ0n) is 13.3. The minimum absolute atomic E-state index is 0. The maximum atomic E-state index is 12.7. The van der Waals surface area contributed by atoms with Crippen LogP contribution in [-0.2, 0) is 0 Å². The second-order valence-electron chi connectivity index (χ2n) is 6.56. The quantitative estimate of drug-likeness (QED) is 0.817. The van der Waals surface area contributed by atoms with Crippen molar-refractivity contribution in [1.29, 1.82) is 0 Å². The lowest BCUT2D eigenvalue weighted by molar-refractivity contribution is 0.0773. The third-order valence-corrected chi connectivity index (χ3v) is 5.20. The molecule has 1 amide bonds. The Bertz CT molecular complexity index is 611. The van der Waals surface area contributed by atoms with Crippen molar-refractivity contribution in [2.24, 2.45) is 17.6 Å². The number of hydrogen-bond acceptors (Lipinski definition) is 3. The van der Waals surface area contributed by atoms with E-state index in [9.17, 15) is 9.59 Å². The second-order valence-corrected chi connectivity index (χ2v) is 6.56. The van der Waals surface area contributed by atoms with E-state index in [2.05, 4.69) is 4.98 Å². The average Bonchev–Trinajstić information content (AvgIpc) is 3.05. The van der Waals surface area contributed by atoms with E-state index in [1.165, 1.54) is 6.92 Å². The molecule has 1 aromatic rings. The van der Waals surface area contributed by atoms with Crippen LogP contribution in [-0.4, -0.2) is 40.7 Å². The van der Waals surface area contributed by atoms with Gasteiger partial charge in [0, 0.05) is 30.4 Å². The van der Waals surface area contributed by atoms with E-state index in [-0.39, 0.29) is 30.1 Å². The number of nitrogens with one attached hydrogen (secondary N) is 1. The number of aromatic amines is 1. The van der Waals surface area contributed by atoms with Gasteiger partial charge in [0.1, 0.15) is 5.69 Å². The van der Waals surface area contributed by atoms with Crippen molar-refractivity contribution in [1.82, 2.24) is 9.88 Å². The number of amides is 1. The number of Topliss-reactive ketones (excluding diaryl/α,β-unsaturated/α-hetero) is 1. The number of aryl methyl sites for hydroxylation is 1. The molecule has 1 saturated heterocycles. The Balaban J connectivity index is 0.00000176. The molecule has 0 spiro atoms. The molecule has 122 valence electrons. The molecule has 3 N–H and O–H groups in total. The van der Waals surface area contributed by atoms with Crippen LogP contribution in [0.2, 0.25) is 0 Å². The monoisotopic (exact) mass is 325 g/mol. The first kappa shape index (κ1) is 17.0. The van der Waals surface area contributed by atoms with Crippen LogP contribution in [0.25, 0.3) is 0 Å². The molecule has 6 heteroatoms. The third kappa shape index (κ3) is 2.57. The summed E-state index contributed by atoms with van der Waals surface area (Å²) in [5.41, 5.74) is 8.88. The SMILES string of the molecule is CC(=O)c1c(C)[nH]c(C(=O)N2CC3CCC(N)C3C2)c1C.Cl. The highest BCUT2D eigenvalue weighted by atomic mass is 35.5. The fraction of sp³-hybridized carbons (Fsp3) is 0.625. The van der Waals surface area contributed by atoms with Gasteiger partial charge in [-0.25, -0.2) is 0 Å². The highest BCUT2D eigenvalue weighted by Crippen LogP contribution is 2.37. The van der Waals surface area contributed by atoms with Crippen LogP contribution in [0.15, 0.2) is 0 Å². The van der Waals surface area contributed by atoms with E-state index in [4.69, 9.17) is 5.73 Å². The maximum absolute atomic E-state index is 12.7. The van der Waals surface area contributed by atoms with Crippen molar-refractivity contribution < 1.29 is 9.59 Å². The van der Waals surface area contributed by atoms with Crippen LogP contribution in [0.5, 0.6) is 0 Å². The molecule has 22 heavy (non-hydrogen) atoms. The minimum Gasteiger partial charge on any atom is -0.354 e. The summed E-state index contributed by atoms with van der Waals surface area (Å²) >= 11 is 0. The predicted molar refractivity (Wildman–Crippen MR) is 87.6 cm³/mol. The molecule has 3 rings (SSSR count). The smallest absolute Gasteiger partial charge is 0.270 e. The Morgan fingerprint density at radius 3 is 2.45 bits per heavy atom. The summed E-state index contributed by atoms with van der Waals surface area (Å²) in [6.45, 7) is 6.77. The van der Waals surface area contributed by atoms with Crippen molar-refractivity contribution in [3.05, 3.63) is 22.5 Å². The lowest BCUT2D eigenvalue weighted by Gasteiger charge is -2.18. The van der Waals surface area contributed by atoms with Gasteiger partial charge in [-0.3, -0.25) is 9.59 Å². The van der Waals surface area contributed by atoms with E-state index in [1.807, 2.05) is 18.7 Å². The lowest BCUT2D eigenvalue weighted by Crippen LogP contribution is -2.34. The number of nitrogens with zero attached hydrogens (tertiary/aromatic N) is 1. The summed E-state index contributed by atoms with van der Waals surface area (Å²) < 4.78 is 0. The van der Waals surface area contributed by atoms with Gasteiger partial charge in [-0.2, -0.15) is 0 Å². The summed E-state index contributed by atoms with van der Waals surface area (Å²) in [4.78, 5) is 29.4. The average molecular weight is 326 g/mol. The topological polar surface area (TPSA) is 79.2 Å². The third-order valence-electron chi connectivity index (χ3n) is 5.20. The predicted octanol–water partition coefficient (Wildman–Crippen LogP) is 2.07. The first-order valence-electron chi connectivity index (χ1n) is 7.65. The zero-order chi connectivity index (χ0) is 15.3. The Kier molecular flexibility index (Phi) is 4.68. The molecular weight excluding hydrogens is 302 g/mol. The normalized spacial score (nSPS) is 26.7. The summed E-state index contributed by atoms with van der Waals surface area (Å²) in [5.74, 6) is 0.996. The van der Waals surface area contributed by atoms with Gasteiger partial charge in [0.15, 0.2) is 5.78 Å². The van der Waals surface area contributed by atoms with Crippen LogP contribution in [0.3, 0.4) is 0 Å². The largest absolute Gasteiger partial charge is 0.354 e. The standard InChI is InChI=1S/C16H23N3O2.ClH/c1-8-14(10(3)20)9(2)18-15(8)16(21)19-6-11-4-5-13(17)12(11)7-19;/h11-13,18H,4-7,17H2,1-3H3;1H. The number of hydrogen-bond donors (Lipinski definition) is 2. The fourth-order valence-corrected chi connectivity index (χ4v) is 4.12. The van der Waals surface area contributed by atoms with Crippen molar-refractivity contribution in [3.63, 3.8) is 0 Å². The molecule has 0 radical (unpaired) electrons. The van der Waals surface area contributed by atoms with Crippen molar-refractivity contribution in [2.45, 2.75) is 39.7 Å². The number of H-pyrrole nitrogens is 1. The Hall–Kier alpha value is -1.33. The van der Waals surface area contributed by atoms with Crippen molar-refractivity contribution in [2.75, 3.05) is 13.1 Å². The summed E-state index contributed by atoms with van der Waals surface area (Å²) in [7, 11) is 0. The molecule has 1 saturated carbocycles. The van der Waals surface area contributed by atoms with Gasteiger partial charge >= 0.3 is 0 Å². The first-order chi connectivity index (χ1) is 9.90. The van der Waals surface area contributed by atoms with Gasteiger partial charge in [0.25, 0.3) is 5.91 Å². The first-order valence-corrected chi connectivity index (χ1v) is 7.65. The number of rotatable bonds is 2. The van der Waals surface area contributed by atoms with Gasteiger partial charge in [-0.05, 0) is 51.0 Å². The van der Waals surface area contributed by atoms with Gasteiger partial charge < -0.3 is 15.6 Å². The van der Waals surface area contributed by atoms with Crippen molar-refractivity contribution in [3.8, 4) is 0 Å². The van der Waals surface area contributed by atoms with Crippen LogP contribution < -0.4 is 5.73 Å². The van der Waals surface area contributed by atoms with Gasteiger partial charge in [-0.1, -0.05) is 0 Å². The molecule has 2 heterocycles. The maximum Gasteiger partial charge on any atom is 0.270 e. The van der Waals surface area contributed by atoms with Gasteiger partial charge in [0.2, 0.25) is 0 Å². The Morgan fingerprint density at radius 1 is 1.23 bits per heavy atom. The summed E-state index contributed by atoms with van der Waals surface area (Å²) in [5, 5.41) is 0. The molecular formula is C16H24ClN3O2. The molecule has 5 nitrogen and oxygen atoms in total. The van der Waals surface area contributed by atoms with E-state index in [0.717, 1.165) is 37.2 Å². The van der Waals surface area contributed by atoms with Crippen molar-refractivity contribution >= 4 is 24.1 Å². The highest BCUT2D eigenvalue weighted by molar-refractivity contribution is 6.02. The van der Waals surface area contributed by atoms with E-state index < -0.39 is 0 Å². The number of fused-ring (bicyclic) bond motifs is 1. The number of carbonyl (C=O) groups excluding carboxylic acids is 2.